The van der Waals surface area contributed by atoms with Crippen LogP contribution in [0.15, 0.2) is 114 Å². The summed E-state index contributed by atoms with van der Waals surface area (Å²) in [6.07, 6.45) is 0. The van der Waals surface area contributed by atoms with Gasteiger partial charge in [0.25, 0.3) is 11.5 Å². The fourth-order valence-electron chi connectivity index (χ4n) is 4.00. The molecule has 4 aromatic carbocycles. The van der Waals surface area contributed by atoms with Gasteiger partial charge in [-0.3, -0.25) is 9.59 Å². The van der Waals surface area contributed by atoms with Gasteiger partial charge in [0.1, 0.15) is 0 Å². The van der Waals surface area contributed by atoms with Gasteiger partial charge in [0, 0.05) is 5.56 Å². The number of para-hydroxylation sites is 2. The van der Waals surface area contributed by atoms with Crippen LogP contribution in [0.5, 0.6) is 0 Å². The maximum absolute atomic E-state index is 13.5. The summed E-state index contributed by atoms with van der Waals surface area (Å²) < 4.78 is 30.5. The van der Waals surface area contributed by atoms with Crippen molar-refractivity contribution < 1.29 is 13.2 Å². The fourth-order valence-corrected chi connectivity index (χ4v) is 5.11. The lowest BCUT2D eigenvalue weighted by Crippen LogP contribution is -2.31. The number of benzene rings is 4. The molecule has 5 aromatic rings. The van der Waals surface area contributed by atoms with E-state index in [0.717, 1.165) is 5.69 Å². The van der Waals surface area contributed by atoms with E-state index in [1.807, 2.05) is 60.7 Å². The number of hydrogen-bond acceptors (Lipinski definition) is 4. The number of rotatable bonds is 6. The van der Waals surface area contributed by atoms with E-state index in [-0.39, 0.29) is 16.9 Å². The van der Waals surface area contributed by atoms with Crippen molar-refractivity contribution >= 4 is 26.8 Å². The van der Waals surface area contributed by atoms with E-state index >= 15 is 0 Å². The highest BCUT2D eigenvalue weighted by atomic mass is 32.2. The highest BCUT2D eigenvalue weighted by Gasteiger charge is 2.21. The Hall–Kier alpha value is -4.43. The van der Waals surface area contributed by atoms with Gasteiger partial charge in [-0.15, -0.1) is 0 Å². The molecule has 1 heterocycles. The van der Waals surface area contributed by atoms with Crippen LogP contribution >= 0.6 is 0 Å². The first-order chi connectivity index (χ1) is 16.9. The predicted molar refractivity (Wildman–Crippen MR) is 135 cm³/mol. The van der Waals surface area contributed by atoms with Gasteiger partial charge >= 0.3 is 0 Å². The first kappa shape index (κ1) is 22.4. The molecule has 0 atom stereocenters. The first-order valence-electron chi connectivity index (χ1n) is 10.9. The van der Waals surface area contributed by atoms with Crippen molar-refractivity contribution in [2.75, 3.05) is 0 Å². The van der Waals surface area contributed by atoms with Crippen LogP contribution in [0.3, 0.4) is 0 Å². The Balaban J connectivity index is 1.57. The number of carbonyl (C=O) groups excluding carboxylic acids is 1. The molecule has 1 amide bonds. The van der Waals surface area contributed by atoms with E-state index in [1.54, 1.807) is 41.1 Å². The zero-order valence-corrected chi connectivity index (χ0v) is 19.4. The van der Waals surface area contributed by atoms with Crippen molar-refractivity contribution in [2.24, 2.45) is 0 Å². The average Bonchev–Trinajstić information content (AvgIpc) is 3.17. The van der Waals surface area contributed by atoms with Gasteiger partial charge < -0.3 is 0 Å². The van der Waals surface area contributed by atoms with E-state index in [9.17, 15) is 18.0 Å². The van der Waals surface area contributed by atoms with Gasteiger partial charge in [0.15, 0.2) is 0 Å². The third-order valence-electron chi connectivity index (χ3n) is 5.56. The molecule has 0 unspecified atom stereocenters. The molecular formula is C27H21N3O4S. The predicted octanol–water partition coefficient (Wildman–Crippen LogP) is 4.04. The van der Waals surface area contributed by atoms with Gasteiger partial charge in [-0.25, -0.2) is 22.5 Å². The second-order valence-electron chi connectivity index (χ2n) is 8.01. The summed E-state index contributed by atoms with van der Waals surface area (Å²) >= 11 is 0. The molecule has 1 N–H and O–H groups in total. The zero-order valence-electron chi connectivity index (χ0n) is 18.5. The minimum Gasteiger partial charge on any atom is -0.268 e. The van der Waals surface area contributed by atoms with Crippen molar-refractivity contribution in [2.45, 2.75) is 5.75 Å². The largest absolute Gasteiger partial charge is 0.279 e. The molecule has 0 aliphatic rings. The lowest BCUT2D eigenvalue weighted by atomic mass is 10.1. The molecule has 0 fully saturated rings. The van der Waals surface area contributed by atoms with E-state index in [2.05, 4.69) is 4.72 Å². The Morgan fingerprint density at radius 2 is 1.26 bits per heavy atom. The minimum absolute atomic E-state index is 0.0802. The second-order valence-corrected chi connectivity index (χ2v) is 9.73. The molecule has 35 heavy (non-hydrogen) atoms. The van der Waals surface area contributed by atoms with Crippen LogP contribution in [0.2, 0.25) is 0 Å². The smallest absolute Gasteiger partial charge is 0.268 e. The molecular weight excluding hydrogens is 462 g/mol. The molecule has 0 spiro atoms. The fraction of sp³-hybridized carbons (Fsp3) is 0.0370. The molecule has 0 bridgehead atoms. The van der Waals surface area contributed by atoms with Gasteiger partial charge in [-0.2, -0.15) is 0 Å². The Morgan fingerprint density at radius 1 is 0.714 bits per heavy atom. The van der Waals surface area contributed by atoms with Crippen LogP contribution in [0, 0.1) is 0 Å². The summed E-state index contributed by atoms with van der Waals surface area (Å²) in [4.78, 5) is 26.3. The molecule has 0 aliphatic carbocycles. The summed E-state index contributed by atoms with van der Waals surface area (Å²) in [5.74, 6) is -1.12. The molecule has 1 aromatic heterocycles. The third-order valence-corrected chi connectivity index (χ3v) is 6.77. The summed E-state index contributed by atoms with van der Waals surface area (Å²) in [6.45, 7) is 0. The Kier molecular flexibility index (Phi) is 5.80. The molecule has 0 aliphatic heterocycles. The highest BCUT2D eigenvalue weighted by molar-refractivity contribution is 7.89. The summed E-state index contributed by atoms with van der Waals surface area (Å²) in [5.41, 5.74) is 2.34. The summed E-state index contributed by atoms with van der Waals surface area (Å²) in [6, 6.07) is 31.8. The molecule has 5 rings (SSSR count). The van der Waals surface area contributed by atoms with Gasteiger partial charge in [0.05, 0.1) is 28.0 Å². The normalized spacial score (nSPS) is 11.4. The SMILES string of the molecule is O=C(NS(=O)(=O)Cc1ccccc1)c1ccc2c(c1)c(=O)n(-c1ccccc1)n2-c1ccccc1. The Bertz CT molecular complexity index is 1680. The van der Waals surface area contributed by atoms with Crippen molar-refractivity contribution in [3.05, 3.63) is 131 Å². The lowest BCUT2D eigenvalue weighted by molar-refractivity contribution is 0.0981. The van der Waals surface area contributed by atoms with Gasteiger partial charge in [-0.1, -0.05) is 66.7 Å². The van der Waals surface area contributed by atoms with Gasteiger partial charge in [-0.05, 0) is 48.0 Å². The van der Waals surface area contributed by atoms with Gasteiger partial charge in [0.2, 0.25) is 10.0 Å². The number of nitrogens with one attached hydrogen (secondary N) is 1. The highest BCUT2D eigenvalue weighted by Crippen LogP contribution is 2.22. The molecule has 7 nitrogen and oxygen atoms in total. The van der Waals surface area contributed by atoms with Crippen molar-refractivity contribution in [3.8, 4) is 11.4 Å². The molecule has 8 heteroatoms. The molecule has 0 saturated heterocycles. The number of hydrogen-bond donors (Lipinski definition) is 1. The van der Waals surface area contributed by atoms with E-state index in [0.29, 0.717) is 22.2 Å². The van der Waals surface area contributed by atoms with Crippen LogP contribution in [0.25, 0.3) is 22.3 Å². The van der Waals surface area contributed by atoms with E-state index < -0.39 is 15.9 Å². The Morgan fingerprint density at radius 3 is 1.86 bits per heavy atom. The van der Waals surface area contributed by atoms with Crippen LogP contribution in [0.1, 0.15) is 15.9 Å². The third kappa shape index (κ3) is 4.51. The molecule has 0 saturated carbocycles. The number of carbonyl (C=O) groups is 1. The topological polar surface area (TPSA) is 90.2 Å². The van der Waals surface area contributed by atoms with Crippen molar-refractivity contribution in [1.82, 2.24) is 14.1 Å². The van der Waals surface area contributed by atoms with Crippen LogP contribution in [-0.4, -0.2) is 23.7 Å². The average molecular weight is 484 g/mol. The quantitative estimate of drug-likeness (QED) is 0.395. The van der Waals surface area contributed by atoms with E-state index in [4.69, 9.17) is 0 Å². The van der Waals surface area contributed by atoms with Crippen LogP contribution in [0.4, 0.5) is 0 Å². The van der Waals surface area contributed by atoms with Crippen LogP contribution < -0.4 is 10.3 Å². The van der Waals surface area contributed by atoms with Crippen molar-refractivity contribution in [3.63, 3.8) is 0 Å². The number of nitrogens with zero attached hydrogens (tertiary/aromatic N) is 2. The zero-order chi connectivity index (χ0) is 24.4. The number of aromatic nitrogens is 2. The molecule has 174 valence electrons. The summed E-state index contributed by atoms with van der Waals surface area (Å²) in [7, 11) is -3.92. The maximum atomic E-state index is 13.5. The molecule has 0 radical (unpaired) electrons. The van der Waals surface area contributed by atoms with Crippen molar-refractivity contribution in [1.29, 1.82) is 0 Å². The summed E-state index contributed by atoms with van der Waals surface area (Å²) in [5, 5.41) is 0.297. The second kappa shape index (κ2) is 9.08. The monoisotopic (exact) mass is 483 g/mol. The number of fused-ring (bicyclic) bond motifs is 1. The van der Waals surface area contributed by atoms with E-state index in [1.165, 1.54) is 16.8 Å². The number of amides is 1. The Labute approximate surface area is 201 Å². The standard InChI is InChI=1S/C27H21N3O4S/c31-26(28-35(33,34)19-20-10-4-1-5-11-20)21-16-17-25-24(18-21)27(32)30(23-14-8-3-9-15-23)29(25)22-12-6-2-7-13-22/h1-18H,19H2,(H,28,31). The minimum atomic E-state index is -3.92. The maximum Gasteiger partial charge on any atom is 0.279 e. The van der Waals surface area contributed by atoms with Crippen LogP contribution in [-0.2, 0) is 15.8 Å². The number of sulfonamides is 1. The lowest BCUT2D eigenvalue weighted by Gasteiger charge is -2.13. The first-order valence-corrected chi connectivity index (χ1v) is 12.6.